The Morgan fingerprint density at radius 3 is 2.26 bits per heavy atom. The van der Waals surface area contributed by atoms with E-state index in [0.717, 1.165) is 41.9 Å². The molecule has 0 spiro atoms. The molecule has 1 amide bonds. The summed E-state index contributed by atoms with van der Waals surface area (Å²) in [6.45, 7) is 9.01. The van der Waals surface area contributed by atoms with E-state index in [1.807, 2.05) is 42.5 Å². The van der Waals surface area contributed by atoms with Crippen LogP contribution in [0.3, 0.4) is 0 Å². The average molecular weight is 481 g/mol. The molecule has 2 aromatic carbocycles. The predicted octanol–water partition coefficient (Wildman–Crippen LogP) is 4.92. The maximum Gasteiger partial charge on any atom is 0.234 e. The molecular formula is C26H36N6OS. The van der Waals surface area contributed by atoms with Crippen LogP contribution in [0.5, 0.6) is 0 Å². The minimum absolute atomic E-state index is 0.0592. The summed E-state index contributed by atoms with van der Waals surface area (Å²) in [4.78, 5) is 17.1. The van der Waals surface area contributed by atoms with E-state index in [1.165, 1.54) is 17.3 Å². The molecule has 0 aliphatic carbocycles. The molecule has 1 heterocycles. The van der Waals surface area contributed by atoms with Crippen LogP contribution in [-0.4, -0.2) is 58.5 Å². The molecule has 0 saturated carbocycles. The fraction of sp³-hybridized carbons (Fsp3) is 0.423. The van der Waals surface area contributed by atoms with Gasteiger partial charge in [-0.25, -0.2) is 0 Å². The SMILES string of the molecule is CCC(c1nnc(SCC(=O)Nc2ccc(N(CC)CC)cc2)n1Cc1ccccc1)N(C)C. The van der Waals surface area contributed by atoms with Gasteiger partial charge in [0.1, 0.15) is 0 Å². The molecule has 34 heavy (non-hydrogen) atoms. The molecule has 0 saturated heterocycles. The van der Waals surface area contributed by atoms with E-state index in [2.05, 4.69) is 76.9 Å². The van der Waals surface area contributed by atoms with E-state index in [9.17, 15) is 4.79 Å². The summed E-state index contributed by atoms with van der Waals surface area (Å²) >= 11 is 1.42. The van der Waals surface area contributed by atoms with Gasteiger partial charge < -0.3 is 14.8 Å². The summed E-state index contributed by atoms with van der Waals surface area (Å²) < 4.78 is 2.14. The summed E-state index contributed by atoms with van der Waals surface area (Å²) in [5.41, 5.74) is 3.13. The van der Waals surface area contributed by atoms with Crippen LogP contribution in [0.25, 0.3) is 0 Å². The van der Waals surface area contributed by atoms with Crippen LogP contribution in [0, 0.1) is 0 Å². The van der Waals surface area contributed by atoms with Crippen molar-refractivity contribution in [1.29, 1.82) is 0 Å². The number of hydrogen-bond acceptors (Lipinski definition) is 6. The first-order valence-corrected chi connectivity index (χ1v) is 12.9. The Kier molecular flexibility index (Phi) is 9.53. The summed E-state index contributed by atoms with van der Waals surface area (Å²) in [6.07, 6.45) is 0.925. The zero-order chi connectivity index (χ0) is 24.5. The van der Waals surface area contributed by atoms with Gasteiger partial charge in [0, 0.05) is 24.5 Å². The highest BCUT2D eigenvalue weighted by molar-refractivity contribution is 7.99. The van der Waals surface area contributed by atoms with Gasteiger partial charge in [-0.3, -0.25) is 9.69 Å². The highest BCUT2D eigenvalue weighted by Gasteiger charge is 2.22. The lowest BCUT2D eigenvalue weighted by Crippen LogP contribution is -2.23. The summed E-state index contributed by atoms with van der Waals surface area (Å²) in [5.74, 6) is 1.13. The first-order valence-electron chi connectivity index (χ1n) is 11.9. The third-order valence-electron chi connectivity index (χ3n) is 5.85. The third kappa shape index (κ3) is 6.61. The van der Waals surface area contributed by atoms with Crippen molar-refractivity contribution in [3.63, 3.8) is 0 Å². The molecule has 0 radical (unpaired) electrons. The highest BCUT2D eigenvalue weighted by Crippen LogP contribution is 2.26. The number of carbonyl (C=O) groups is 1. The molecule has 1 N–H and O–H groups in total. The van der Waals surface area contributed by atoms with Gasteiger partial charge in [0.05, 0.1) is 18.3 Å². The molecule has 1 unspecified atom stereocenters. The molecule has 3 rings (SSSR count). The number of benzene rings is 2. The van der Waals surface area contributed by atoms with E-state index in [1.54, 1.807) is 0 Å². The lowest BCUT2D eigenvalue weighted by Gasteiger charge is -2.23. The molecule has 1 atom stereocenters. The Hall–Kier alpha value is -2.84. The molecule has 8 heteroatoms. The molecule has 0 bridgehead atoms. The van der Waals surface area contributed by atoms with Gasteiger partial charge in [-0.15, -0.1) is 10.2 Å². The summed E-state index contributed by atoms with van der Waals surface area (Å²) in [7, 11) is 4.11. The quantitative estimate of drug-likeness (QED) is 0.371. The number of anilines is 2. The van der Waals surface area contributed by atoms with Crippen LogP contribution in [-0.2, 0) is 11.3 Å². The van der Waals surface area contributed by atoms with Gasteiger partial charge in [-0.2, -0.15) is 0 Å². The number of nitrogens with one attached hydrogen (secondary N) is 1. The normalized spacial score (nSPS) is 12.1. The van der Waals surface area contributed by atoms with Crippen molar-refractivity contribution < 1.29 is 4.79 Å². The monoisotopic (exact) mass is 480 g/mol. The van der Waals surface area contributed by atoms with Crippen molar-refractivity contribution in [2.45, 2.75) is 44.9 Å². The summed E-state index contributed by atoms with van der Waals surface area (Å²) in [5, 5.41) is 12.7. The van der Waals surface area contributed by atoms with E-state index in [0.29, 0.717) is 6.54 Å². The van der Waals surface area contributed by atoms with Crippen LogP contribution < -0.4 is 10.2 Å². The van der Waals surface area contributed by atoms with Crippen LogP contribution in [0.1, 0.15) is 44.6 Å². The number of carbonyl (C=O) groups excluding carboxylic acids is 1. The maximum atomic E-state index is 12.7. The molecule has 0 aliphatic heterocycles. The Morgan fingerprint density at radius 1 is 1.00 bits per heavy atom. The van der Waals surface area contributed by atoms with Gasteiger partial charge in [0.25, 0.3) is 0 Å². The van der Waals surface area contributed by atoms with Crippen molar-refractivity contribution in [2.24, 2.45) is 0 Å². The third-order valence-corrected chi connectivity index (χ3v) is 6.82. The second-order valence-corrected chi connectivity index (χ2v) is 9.30. The van der Waals surface area contributed by atoms with Crippen LogP contribution in [0.2, 0.25) is 0 Å². The van der Waals surface area contributed by atoms with Crippen molar-refractivity contribution >= 4 is 29.0 Å². The van der Waals surface area contributed by atoms with E-state index in [-0.39, 0.29) is 17.7 Å². The van der Waals surface area contributed by atoms with Gasteiger partial charge in [-0.1, -0.05) is 49.0 Å². The standard InChI is InChI=1S/C26H36N6OS/c1-6-23(30(4)5)25-28-29-26(32(25)18-20-12-10-9-11-13-20)34-19-24(33)27-21-14-16-22(17-15-21)31(7-2)8-3/h9-17,23H,6-8,18-19H2,1-5H3,(H,27,33). The number of thioether (sulfide) groups is 1. The fourth-order valence-corrected chi connectivity index (χ4v) is 4.76. The minimum atomic E-state index is -0.0592. The van der Waals surface area contributed by atoms with Gasteiger partial charge in [-0.05, 0) is 64.2 Å². The number of rotatable bonds is 12. The van der Waals surface area contributed by atoms with Crippen molar-refractivity contribution in [3.8, 4) is 0 Å². The van der Waals surface area contributed by atoms with Gasteiger partial charge in [0.2, 0.25) is 5.91 Å². The Bertz CT molecular complexity index is 1030. The summed E-state index contributed by atoms with van der Waals surface area (Å²) in [6, 6.07) is 18.4. The van der Waals surface area contributed by atoms with E-state index in [4.69, 9.17) is 0 Å². The predicted molar refractivity (Wildman–Crippen MR) is 142 cm³/mol. The topological polar surface area (TPSA) is 66.3 Å². The second kappa shape index (κ2) is 12.6. The zero-order valence-corrected chi connectivity index (χ0v) is 21.7. The lowest BCUT2D eigenvalue weighted by molar-refractivity contribution is -0.113. The number of hydrogen-bond donors (Lipinski definition) is 1. The van der Waals surface area contributed by atoms with Crippen LogP contribution in [0.4, 0.5) is 11.4 Å². The maximum absolute atomic E-state index is 12.7. The molecule has 3 aromatic rings. The molecular weight excluding hydrogens is 444 g/mol. The van der Waals surface area contributed by atoms with Crippen molar-refractivity contribution in [1.82, 2.24) is 19.7 Å². The fourth-order valence-electron chi connectivity index (χ4n) is 4.02. The van der Waals surface area contributed by atoms with Crippen LogP contribution >= 0.6 is 11.8 Å². The zero-order valence-electron chi connectivity index (χ0n) is 20.9. The lowest BCUT2D eigenvalue weighted by atomic mass is 10.2. The van der Waals surface area contributed by atoms with Crippen LogP contribution in [0.15, 0.2) is 59.8 Å². The average Bonchev–Trinajstić information content (AvgIpc) is 3.22. The first-order chi connectivity index (χ1) is 16.5. The van der Waals surface area contributed by atoms with E-state index >= 15 is 0 Å². The van der Waals surface area contributed by atoms with Crippen molar-refractivity contribution in [2.75, 3.05) is 43.2 Å². The Balaban J connectivity index is 1.70. The molecule has 1 aromatic heterocycles. The largest absolute Gasteiger partial charge is 0.372 e. The minimum Gasteiger partial charge on any atom is -0.372 e. The molecule has 7 nitrogen and oxygen atoms in total. The van der Waals surface area contributed by atoms with Crippen molar-refractivity contribution in [3.05, 3.63) is 66.0 Å². The molecule has 182 valence electrons. The van der Waals surface area contributed by atoms with Gasteiger partial charge >= 0.3 is 0 Å². The molecule has 0 aliphatic rings. The second-order valence-electron chi connectivity index (χ2n) is 8.36. The molecule has 0 fully saturated rings. The number of nitrogens with zero attached hydrogens (tertiary/aromatic N) is 5. The first kappa shape index (κ1) is 25.8. The Labute approximate surface area is 207 Å². The van der Waals surface area contributed by atoms with Gasteiger partial charge in [0.15, 0.2) is 11.0 Å². The Morgan fingerprint density at radius 2 is 1.68 bits per heavy atom. The number of amides is 1. The number of aromatic nitrogens is 3. The van der Waals surface area contributed by atoms with E-state index < -0.39 is 0 Å². The highest BCUT2D eigenvalue weighted by atomic mass is 32.2. The smallest absolute Gasteiger partial charge is 0.234 e.